The summed E-state index contributed by atoms with van der Waals surface area (Å²) in [4.78, 5) is 23.7. The molecule has 0 unspecified atom stereocenters. The van der Waals surface area contributed by atoms with Crippen molar-refractivity contribution in [3.8, 4) is 0 Å². The maximum Gasteiger partial charge on any atom is 0.339 e. The van der Waals surface area contributed by atoms with Gasteiger partial charge >= 0.3 is 11.9 Å². The first-order valence-electron chi connectivity index (χ1n) is 5.76. The first-order valence-corrected chi connectivity index (χ1v) is 5.76. The maximum atomic E-state index is 11.9. The van der Waals surface area contributed by atoms with E-state index in [1.165, 1.54) is 12.2 Å². The molecule has 0 saturated carbocycles. The zero-order valence-corrected chi connectivity index (χ0v) is 10.8. The van der Waals surface area contributed by atoms with Crippen LogP contribution in [0.1, 0.15) is 26.3 Å². The van der Waals surface area contributed by atoms with Crippen molar-refractivity contribution in [3.63, 3.8) is 0 Å². The predicted octanol–water partition coefficient (Wildman–Crippen LogP) is 2.68. The van der Waals surface area contributed by atoms with Crippen molar-refractivity contribution in [2.75, 3.05) is 13.2 Å². The van der Waals surface area contributed by atoms with Gasteiger partial charge < -0.3 is 9.47 Å². The summed E-state index contributed by atoms with van der Waals surface area (Å²) in [6, 6.07) is 4.87. The second-order valence-corrected chi connectivity index (χ2v) is 3.82. The Kier molecular flexibility index (Phi) is 5.54. The summed E-state index contributed by atoms with van der Waals surface area (Å²) in [7, 11) is 0. The second kappa shape index (κ2) is 7.16. The summed E-state index contributed by atoms with van der Waals surface area (Å²) in [6.07, 6.45) is 2.92. The second-order valence-electron chi connectivity index (χ2n) is 3.82. The van der Waals surface area contributed by atoms with Crippen LogP contribution >= 0.6 is 0 Å². The molecule has 0 saturated heterocycles. The molecule has 0 heterocycles. The van der Waals surface area contributed by atoms with Crippen LogP contribution in [0.3, 0.4) is 0 Å². The Bertz CT molecular complexity index is 503. The fourth-order valence-electron chi connectivity index (χ4n) is 1.43. The van der Waals surface area contributed by atoms with Crippen LogP contribution in [0.4, 0.5) is 0 Å². The van der Waals surface area contributed by atoms with Gasteiger partial charge in [-0.1, -0.05) is 36.9 Å². The lowest BCUT2D eigenvalue weighted by Crippen LogP contribution is -2.14. The highest BCUT2D eigenvalue weighted by atomic mass is 16.5. The summed E-state index contributed by atoms with van der Waals surface area (Å²) in [6.45, 7) is 8.93. The van der Waals surface area contributed by atoms with E-state index in [1.54, 1.807) is 18.2 Å². The van der Waals surface area contributed by atoms with Crippen LogP contribution in [-0.2, 0) is 9.47 Å². The molecule has 1 rings (SSSR count). The maximum absolute atomic E-state index is 11.9. The number of aryl methyl sites for hydroxylation is 1. The van der Waals surface area contributed by atoms with Gasteiger partial charge in [-0.2, -0.15) is 0 Å². The molecule has 0 N–H and O–H groups in total. The standard InChI is InChI=1S/C15H16O4/c1-4-8-18-14(16)12-7-6-11(3)10-13(12)15(17)19-9-5-2/h4-7,10H,1-2,8-9H2,3H3. The van der Waals surface area contributed by atoms with Crippen molar-refractivity contribution < 1.29 is 19.1 Å². The zero-order chi connectivity index (χ0) is 14.3. The van der Waals surface area contributed by atoms with Gasteiger partial charge in [-0.15, -0.1) is 0 Å². The Hall–Kier alpha value is -2.36. The molecule has 4 nitrogen and oxygen atoms in total. The first-order chi connectivity index (χ1) is 9.10. The number of hydrogen-bond donors (Lipinski definition) is 0. The van der Waals surface area contributed by atoms with E-state index in [4.69, 9.17) is 9.47 Å². The van der Waals surface area contributed by atoms with E-state index in [0.29, 0.717) is 0 Å². The van der Waals surface area contributed by atoms with Crippen LogP contribution in [0.2, 0.25) is 0 Å². The highest BCUT2D eigenvalue weighted by Gasteiger charge is 2.19. The number of ether oxygens (including phenoxy) is 2. The summed E-state index contributed by atoms with van der Waals surface area (Å²) in [5.74, 6) is -1.15. The number of hydrogen-bond acceptors (Lipinski definition) is 4. The number of esters is 2. The van der Waals surface area contributed by atoms with Crippen LogP contribution in [0.25, 0.3) is 0 Å². The molecule has 0 aliphatic carbocycles. The molecule has 0 atom stereocenters. The topological polar surface area (TPSA) is 52.6 Å². The van der Waals surface area contributed by atoms with Gasteiger partial charge in [0.15, 0.2) is 0 Å². The molecule has 19 heavy (non-hydrogen) atoms. The van der Waals surface area contributed by atoms with Gasteiger partial charge in [-0.05, 0) is 19.1 Å². The molecule has 0 radical (unpaired) electrons. The highest BCUT2D eigenvalue weighted by molar-refractivity contribution is 6.03. The van der Waals surface area contributed by atoms with E-state index >= 15 is 0 Å². The predicted molar refractivity (Wildman–Crippen MR) is 72.1 cm³/mol. The van der Waals surface area contributed by atoms with E-state index in [2.05, 4.69) is 13.2 Å². The van der Waals surface area contributed by atoms with Crippen molar-refractivity contribution in [2.24, 2.45) is 0 Å². The molecule has 0 amide bonds. The Morgan fingerprint density at radius 3 is 2.11 bits per heavy atom. The Labute approximate surface area is 112 Å². The Balaban J connectivity index is 3.03. The summed E-state index contributed by atoms with van der Waals surface area (Å²) in [5.41, 5.74) is 1.23. The largest absolute Gasteiger partial charge is 0.458 e. The lowest BCUT2D eigenvalue weighted by Gasteiger charge is -2.09. The fourth-order valence-corrected chi connectivity index (χ4v) is 1.43. The van der Waals surface area contributed by atoms with E-state index in [9.17, 15) is 9.59 Å². The molecule has 4 heteroatoms. The quantitative estimate of drug-likeness (QED) is 0.583. The van der Waals surface area contributed by atoms with Crippen molar-refractivity contribution in [1.29, 1.82) is 0 Å². The molecule has 0 aliphatic rings. The molecule has 100 valence electrons. The lowest BCUT2D eigenvalue weighted by atomic mass is 10.0. The number of benzene rings is 1. The average molecular weight is 260 g/mol. The number of carbonyl (C=O) groups is 2. The molecule has 0 aromatic heterocycles. The van der Waals surface area contributed by atoms with Crippen molar-refractivity contribution in [1.82, 2.24) is 0 Å². The molecule has 0 fully saturated rings. The minimum Gasteiger partial charge on any atom is -0.458 e. The smallest absolute Gasteiger partial charge is 0.339 e. The van der Waals surface area contributed by atoms with E-state index < -0.39 is 11.9 Å². The molecular weight excluding hydrogens is 244 g/mol. The van der Waals surface area contributed by atoms with Crippen molar-refractivity contribution in [2.45, 2.75) is 6.92 Å². The fraction of sp³-hybridized carbons (Fsp3) is 0.200. The monoisotopic (exact) mass is 260 g/mol. The molecule has 0 bridgehead atoms. The van der Waals surface area contributed by atoms with Gasteiger partial charge in [-0.3, -0.25) is 0 Å². The van der Waals surface area contributed by atoms with Gasteiger partial charge in [0.25, 0.3) is 0 Å². The lowest BCUT2D eigenvalue weighted by molar-refractivity contribution is 0.0503. The van der Waals surface area contributed by atoms with Crippen LogP contribution in [0.15, 0.2) is 43.5 Å². The van der Waals surface area contributed by atoms with E-state index in [1.807, 2.05) is 6.92 Å². The van der Waals surface area contributed by atoms with Gasteiger partial charge in [0.1, 0.15) is 13.2 Å². The normalized spacial score (nSPS) is 9.53. The number of carbonyl (C=O) groups excluding carboxylic acids is 2. The molecular formula is C15H16O4. The van der Waals surface area contributed by atoms with Gasteiger partial charge in [0.05, 0.1) is 11.1 Å². The molecule has 1 aromatic carbocycles. The molecule has 0 spiro atoms. The Morgan fingerprint density at radius 2 is 1.58 bits per heavy atom. The van der Waals surface area contributed by atoms with E-state index in [-0.39, 0.29) is 24.3 Å². The highest BCUT2D eigenvalue weighted by Crippen LogP contribution is 2.14. The number of rotatable bonds is 6. The van der Waals surface area contributed by atoms with Crippen LogP contribution in [0.5, 0.6) is 0 Å². The van der Waals surface area contributed by atoms with Crippen LogP contribution in [-0.4, -0.2) is 25.2 Å². The summed E-state index contributed by atoms with van der Waals surface area (Å²) in [5, 5.41) is 0. The average Bonchev–Trinajstić information content (AvgIpc) is 2.41. The van der Waals surface area contributed by atoms with Gasteiger partial charge in [-0.25, -0.2) is 9.59 Å². The van der Waals surface area contributed by atoms with Crippen molar-refractivity contribution >= 4 is 11.9 Å². The SMILES string of the molecule is C=CCOC(=O)c1ccc(C)cc1C(=O)OCC=C. The third kappa shape index (κ3) is 4.10. The van der Waals surface area contributed by atoms with Crippen LogP contribution in [0, 0.1) is 6.92 Å². The molecule has 1 aromatic rings. The third-order valence-electron chi connectivity index (χ3n) is 2.28. The zero-order valence-electron chi connectivity index (χ0n) is 10.8. The minimum absolute atomic E-state index is 0.0911. The van der Waals surface area contributed by atoms with Crippen molar-refractivity contribution in [3.05, 3.63) is 60.2 Å². The third-order valence-corrected chi connectivity index (χ3v) is 2.28. The molecule has 0 aliphatic heterocycles. The first kappa shape index (κ1) is 14.7. The summed E-state index contributed by atoms with van der Waals surface area (Å²) < 4.78 is 9.87. The van der Waals surface area contributed by atoms with Crippen LogP contribution < -0.4 is 0 Å². The van der Waals surface area contributed by atoms with E-state index in [0.717, 1.165) is 5.56 Å². The summed E-state index contributed by atoms with van der Waals surface area (Å²) >= 11 is 0. The van der Waals surface area contributed by atoms with Gasteiger partial charge in [0.2, 0.25) is 0 Å². The Morgan fingerprint density at radius 1 is 1.05 bits per heavy atom. The van der Waals surface area contributed by atoms with Gasteiger partial charge in [0, 0.05) is 0 Å². The minimum atomic E-state index is -0.578.